The van der Waals surface area contributed by atoms with E-state index in [2.05, 4.69) is 31.0 Å². The Morgan fingerprint density at radius 1 is 0.905 bits per heavy atom. The molecule has 4 unspecified atom stereocenters. The van der Waals surface area contributed by atoms with Gasteiger partial charge in [-0.15, -0.1) is 0 Å². The van der Waals surface area contributed by atoms with Gasteiger partial charge in [-0.25, -0.2) is 0 Å². The van der Waals surface area contributed by atoms with Gasteiger partial charge in [-0.1, -0.05) is 33.6 Å². The number of rotatable bonds is 6. The molecular weight excluding hydrogens is 256 g/mol. The minimum absolute atomic E-state index is 0.755. The molecule has 124 valence electrons. The van der Waals surface area contributed by atoms with Crippen LogP contribution in [0.3, 0.4) is 0 Å². The Hall–Kier alpha value is -0.0800. The van der Waals surface area contributed by atoms with Gasteiger partial charge in [-0.2, -0.15) is 0 Å². The molecule has 2 rings (SSSR count). The van der Waals surface area contributed by atoms with Crippen LogP contribution in [0.1, 0.15) is 78.6 Å². The molecule has 0 radical (unpaired) electrons. The van der Waals surface area contributed by atoms with E-state index in [4.69, 9.17) is 0 Å². The van der Waals surface area contributed by atoms with Crippen LogP contribution in [0.4, 0.5) is 0 Å². The standard InChI is InChI=1S/C19H38N2/c1-4-12-20-18-10-9-17(6-3)15-19(18)21-13-7-8-16(5-2)11-14-21/h16-20H,4-15H2,1-3H3. The summed E-state index contributed by atoms with van der Waals surface area (Å²) in [7, 11) is 0. The second-order valence-electron chi connectivity index (χ2n) is 7.46. The monoisotopic (exact) mass is 294 g/mol. The van der Waals surface area contributed by atoms with Gasteiger partial charge in [0, 0.05) is 12.1 Å². The number of hydrogen-bond acceptors (Lipinski definition) is 2. The molecule has 0 aromatic carbocycles. The van der Waals surface area contributed by atoms with Crippen LogP contribution in [-0.2, 0) is 0 Å². The molecule has 4 atom stereocenters. The van der Waals surface area contributed by atoms with Crippen molar-refractivity contribution in [1.29, 1.82) is 0 Å². The number of nitrogens with one attached hydrogen (secondary N) is 1. The van der Waals surface area contributed by atoms with Crippen molar-refractivity contribution in [2.75, 3.05) is 19.6 Å². The van der Waals surface area contributed by atoms with E-state index in [1.807, 2.05) is 0 Å². The van der Waals surface area contributed by atoms with Crippen LogP contribution >= 0.6 is 0 Å². The van der Waals surface area contributed by atoms with Crippen LogP contribution in [0, 0.1) is 11.8 Å². The summed E-state index contributed by atoms with van der Waals surface area (Å²) >= 11 is 0. The van der Waals surface area contributed by atoms with Gasteiger partial charge in [-0.3, -0.25) is 4.90 Å². The van der Waals surface area contributed by atoms with Crippen molar-refractivity contribution < 1.29 is 0 Å². The highest BCUT2D eigenvalue weighted by Gasteiger charge is 2.34. The zero-order chi connectivity index (χ0) is 15.1. The fourth-order valence-corrected chi connectivity index (χ4v) is 4.50. The summed E-state index contributed by atoms with van der Waals surface area (Å²) < 4.78 is 0. The average molecular weight is 295 g/mol. The molecule has 1 aliphatic carbocycles. The zero-order valence-corrected chi connectivity index (χ0v) is 14.7. The van der Waals surface area contributed by atoms with Crippen molar-refractivity contribution in [1.82, 2.24) is 10.2 Å². The van der Waals surface area contributed by atoms with E-state index >= 15 is 0 Å². The molecule has 0 aromatic rings. The summed E-state index contributed by atoms with van der Waals surface area (Å²) in [6.45, 7) is 10.9. The molecule has 2 fully saturated rings. The summed E-state index contributed by atoms with van der Waals surface area (Å²) in [5, 5.41) is 3.87. The normalized spacial score (nSPS) is 35.6. The Bertz CT molecular complexity index is 279. The lowest BCUT2D eigenvalue weighted by atomic mass is 9.80. The third kappa shape index (κ3) is 4.96. The van der Waals surface area contributed by atoms with Crippen LogP contribution in [0.15, 0.2) is 0 Å². The molecule has 2 heteroatoms. The molecular formula is C19H38N2. The van der Waals surface area contributed by atoms with E-state index in [-0.39, 0.29) is 0 Å². The highest BCUT2D eigenvalue weighted by molar-refractivity contribution is 4.92. The van der Waals surface area contributed by atoms with Gasteiger partial charge < -0.3 is 5.32 Å². The molecule has 0 aromatic heterocycles. The number of nitrogens with zero attached hydrogens (tertiary/aromatic N) is 1. The third-order valence-electron chi connectivity index (χ3n) is 6.09. The fourth-order valence-electron chi connectivity index (χ4n) is 4.50. The fraction of sp³-hybridized carbons (Fsp3) is 1.00. The van der Waals surface area contributed by atoms with Gasteiger partial charge >= 0.3 is 0 Å². The largest absolute Gasteiger partial charge is 0.312 e. The van der Waals surface area contributed by atoms with Crippen LogP contribution < -0.4 is 5.32 Å². The molecule has 1 aliphatic heterocycles. The molecule has 1 saturated carbocycles. The van der Waals surface area contributed by atoms with E-state index in [9.17, 15) is 0 Å². The Kier molecular flexibility index (Phi) is 7.53. The average Bonchev–Trinajstić information content (AvgIpc) is 2.78. The van der Waals surface area contributed by atoms with Crippen molar-refractivity contribution in [2.24, 2.45) is 11.8 Å². The SMILES string of the molecule is CCCNC1CCC(CC)CC1N1CCCC(CC)CC1. The van der Waals surface area contributed by atoms with Crippen LogP contribution in [-0.4, -0.2) is 36.6 Å². The maximum absolute atomic E-state index is 3.87. The van der Waals surface area contributed by atoms with Gasteiger partial charge in [0.1, 0.15) is 0 Å². The van der Waals surface area contributed by atoms with Gasteiger partial charge in [0.15, 0.2) is 0 Å². The first-order valence-electron chi connectivity index (χ1n) is 9.75. The van der Waals surface area contributed by atoms with Crippen molar-refractivity contribution in [3.05, 3.63) is 0 Å². The molecule has 1 N–H and O–H groups in total. The first-order valence-corrected chi connectivity index (χ1v) is 9.75. The highest BCUT2D eigenvalue weighted by Crippen LogP contribution is 2.32. The molecule has 0 spiro atoms. The molecule has 2 nitrogen and oxygen atoms in total. The Labute approximate surface area is 133 Å². The lowest BCUT2D eigenvalue weighted by molar-refractivity contribution is 0.0972. The van der Waals surface area contributed by atoms with E-state index in [0.717, 1.165) is 23.9 Å². The topological polar surface area (TPSA) is 15.3 Å². The predicted molar refractivity (Wildman–Crippen MR) is 92.7 cm³/mol. The van der Waals surface area contributed by atoms with E-state index < -0.39 is 0 Å². The summed E-state index contributed by atoms with van der Waals surface area (Å²) in [6.07, 6.45) is 12.6. The van der Waals surface area contributed by atoms with Gasteiger partial charge in [0.2, 0.25) is 0 Å². The highest BCUT2D eigenvalue weighted by atomic mass is 15.2. The number of likely N-dealkylation sites (tertiary alicyclic amines) is 1. The maximum Gasteiger partial charge on any atom is 0.0251 e. The first-order chi connectivity index (χ1) is 10.3. The van der Waals surface area contributed by atoms with Gasteiger partial charge in [0.25, 0.3) is 0 Å². The lowest BCUT2D eigenvalue weighted by Crippen LogP contribution is -2.53. The first kappa shape index (κ1) is 17.3. The van der Waals surface area contributed by atoms with Gasteiger partial charge in [-0.05, 0) is 76.4 Å². The van der Waals surface area contributed by atoms with Crippen LogP contribution in [0.25, 0.3) is 0 Å². The molecule has 21 heavy (non-hydrogen) atoms. The lowest BCUT2D eigenvalue weighted by Gasteiger charge is -2.43. The quantitative estimate of drug-likeness (QED) is 0.779. The van der Waals surface area contributed by atoms with Crippen molar-refractivity contribution in [3.8, 4) is 0 Å². The molecule has 1 heterocycles. The van der Waals surface area contributed by atoms with Crippen molar-refractivity contribution >= 4 is 0 Å². The smallest absolute Gasteiger partial charge is 0.0251 e. The predicted octanol–water partition coefficient (Wildman–Crippen LogP) is 4.45. The summed E-state index contributed by atoms with van der Waals surface area (Å²) in [5.41, 5.74) is 0. The van der Waals surface area contributed by atoms with Crippen LogP contribution in [0.5, 0.6) is 0 Å². The summed E-state index contributed by atoms with van der Waals surface area (Å²) in [6, 6.07) is 1.57. The summed E-state index contributed by atoms with van der Waals surface area (Å²) in [5.74, 6) is 1.96. The van der Waals surface area contributed by atoms with Crippen LogP contribution in [0.2, 0.25) is 0 Å². The minimum atomic E-state index is 0.755. The Morgan fingerprint density at radius 3 is 2.43 bits per heavy atom. The zero-order valence-electron chi connectivity index (χ0n) is 14.7. The summed E-state index contributed by atoms with van der Waals surface area (Å²) in [4.78, 5) is 2.87. The second kappa shape index (κ2) is 9.15. The minimum Gasteiger partial charge on any atom is -0.312 e. The maximum atomic E-state index is 3.87. The van der Waals surface area contributed by atoms with E-state index in [0.29, 0.717) is 0 Å². The molecule has 1 saturated heterocycles. The van der Waals surface area contributed by atoms with E-state index in [1.165, 1.54) is 77.4 Å². The third-order valence-corrected chi connectivity index (χ3v) is 6.09. The molecule has 2 aliphatic rings. The van der Waals surface area contributed by atoms with Crippen molar-refractivity contribution in [3.63, 3.8) is 0 Å². The Morgan fingerprint density at radius 2 is 1.71 bits per heavy atom. The Balaban J connectivity index is 1.96. The van der Waals surface area contributed by atoms with Gasteiger partial charge in [0.05, 0.1) is 0 Å². The second-order valence-corrected chi connectivity index (χ2v) is 7.46. The number of hydrogen-bond donors (Lipinski definition) is 1. The molecule has 0 amide bonds. The molecule has 0 bridgehead atoms. The van der Waals surface area contributed by atoms with Crippen molar-refractivity contribution in [2.45, 2.75) is 90.6 Å². The van der Waals surface area contributed by atoms with E-state index in [1.54, 1.807) is 0 Å².